The Kier molecular flexibility index (Phi) is 3.82. The molecule has 1 aliphatic rings. The third-order valence-corrected chi connectivity index (χ3v) is 4.16. The van der Waals surface area contributed by atoms with Crippen LogP contribution in [0.15, 0.2) is 49.2 Å². The molecule has 1 fully saturated rings. The fourth-order valence-corrected chi connectivity index (χ4v) is 2.95. The van der Waals surface area contributed by atoms with Crippen LogP contribution in [0.25, 0.3) is 11.0 Å². The number of amides is 1. The molecule has 0 aliphatic carbocycles. The molecule has 1 aliphatic heterocycles. The molecular weight excluding hydrogens is 306 g/mol. The summed E-state index contributed by atoms with van der Waals surface area (Å²) in [5.41, 5.74) is 1.87. The summed E-state index contributed by atoms with van der Waals surface area (Å²) in [6.07, 6.45) is 7.26. The van der Waals surface area contributed by atoms with Gasteiger partial charge in [0.1, 0.15) is 12.6 Å². The van der Waals surface area contributed by atoms with E-state index < -0.39 is 0 Å². The number of imidazole rings is 1. The number of carbonyl (C=O) groups excluding carboxylic acids is 1. The Hall–Kier alpha value is -2.96. The molecule has 0 radical (unpaired) electrons. The normalized spacial score (nSPS) is 17.3. The van der Waals surface area contributed by atoms with Crippen LogP contribution in [-0.2, 0) is 11.3 Å². The number of ether oxygens (including phenoxy) is 1. The standard InChI is InChI=1S/C17H17N5O2/c23-17(11-22-12-20-14-3-1-2-4-15(14)22)21-8-5-13(10-21)24-16-9-18-6-7-19-16/h1-4,6-7,9,12-13H,5,8,10-11H2. The average Bonchev–Trinajstić information content (AvgIpc) is 3.24. The number of hydrogen-bond donors (Lipinski definition) is 0. The Labute approximate surface area is 138 Å². The second kappa shape index (κ2) is 6.27. The van der Waals surface area contributed by atoms with Crippen molar-refractivity contribution in [2.45, 2.75) is 19.1 Å². The molecule has 1 aromatic carbocycles. The summed E-state index contributed by atoms with van der Waals surface area (Å²) >= 11 is 0. The summed E-state index contributed by atoms with van der Waals surface area (Å²) in [6.45, 7) is 1.55. The lowest BCUT2D eigenvalue weighted by Crippen LogP contribution is -2.33. The van der Waals surface area contributed by atoms with Gasteiger partial charge in [0.15, 0.2) is 0 Å². The number of nitrogens with zero attached hydrogens (tertiary/aromatic N) is 5. The van der Waals surface area contributed by atoms with Crippen LogP contribution in [0.2, 0.25) is 0 Å². The first-order valence-corrected chi connectivity index (χ1v) is 7.90. The molecule has 2 aromatic heterocycles. The van der Waals surface area contributed by atoms with Crippen LogP contribution in [0.5, 0.6) is 5.88 Å². The number of hydrogen-bond acceptors (Lipinski definition) is 5. The Morgan fingerprint density at radius 2 is 2.17 bits per heavy atom. The summed E-state index contributed by atoms with van der Waals surface area (Å²) in [5.74, 6) is 0.570. The number of benzene rings is 1. The predicted octanol–water partition coefficient (Wildman–Crippen LogP) is 1.51. The smallest absolute Gasteiger partial charge is 0.242 e. The topological polar surface area (TPSA) is 73.1 Å². The average molecular weight is 323 g/mol. The van der Waals surface area contributed by atoms with Crippen LogP contribution in [0.4, 0.5) is 0 Å². The number of para-hydroxylation sites is 2. The van der Waals surface area contributed by atoms with Gasteiger partial charge in [0.05, 0.1) is 30.1 Å². The summed E-state index contributed by atoms with van der Waals surface area (Å²) in [5, 5.41) is 0. The Bertz CT molecular complexity index is 848. The van der Waals surface area contributed by atoms with Gasteiger partial charge in [-0.3, -0.25) is 9.78 Å². The molecule has 0 bridgehead atoms. The first-order valence-electron chi connectivity index (χ1n) is 7.90. The third-order valence-electron chi connectivity index (χ3n) is 4.16. The van der Waals surface area contributed by atoms with E-state index in [-0.39, 0.29) is 12.0 Å². The summed E-state index contributed by atoms with van der Waals surface area (Å²) in [7, 11) is 0. The molecule has 3 aromatic rings. The van der Waals surface area contributed by atoms with Crippen molar-refractivity contribution in [2.24, 2.45) is 0 Å². The lowest BCUT2D eigenvalue weighted by Gasteiger charge is -2.17. The zero-order valence-electron chi connectivity index (χ0n) is 13.1. The van der Waals surface area contributed by atoms with Gasteiger partial charge in [-0.25, -0.2) is 9.97 Å². The fraction of sp³-hybridized carbons (Fsp3) is 0.294. The van der Waals surface area contributed by atoms with Crippen molar-refractivity contribution in [3.8, 4) is 5.88 Å². The van der Waals surface area contributed by atoms with Gasteiger partial charge in [0.25, 0.3) is 0 Å². The molecular formula is C17H17N5O2. The molecule has 7 heteroatoms. The SMILES string of the molecule is O=C(Cn1cnc2ccccc21)N1CCC(Oc2cnccn2)C1. The number of carbonyl (C=O) groups is 1. The van der Waals surface area contributed by atoms with Crippen molar-refractivity contribution in [3.63, 3.8) is 0 Å². The van der Waals surface area contributed by atoms with Crippen molar-refractivity contribution in [2.75, 3.05) is 13.1 Å². The van der Waals surface area contributed by atoms with Crippen LogP contribution < -0.4 is 4.74 Å². The molecule has 1 amide bonds. The van der Waals surface area contributed by atoms with Crippen LogP contribution in [0, 0.1) is 0 Å². The second-order valence-corrected chi connectivity index (χ2v) is 5.77. The molecule has 24 heavy (non-hydrogen) atoms. The molecule has 7 nitrogen and oxygen atoms in total. The molecule has 0 spiro atoms. The van der Waals surface area contributed by atoms with Crippen molar-refractivity contribution in [3.05, 3.63) is 49.2 Å². The van der Waals surface area contributed by atoms with Crippen molar-refractivity contribution in [1.82, 2.24) is 24.4 Å². The van der Waals surface area contributed by atoms with E-state index in [1.54, 1.807) is 24.9 Å². The van der Waals surface area contributed by atoms with Crippen LogP contribution in [0.1, 0.15) is 6.42 Å². The van der Waals surface area contributed by atoms with E-state index in [9.17, 15) is 4.79 Å². The van der Waals surface area contributed by atoms with Gasteiger partial charge in [-0.2, -0.15) is 0 Å². The maximum Gasteiger partial charge on any atom is 0.242 e. The minimum Gasteiger partial charge on any atom is -0.471 e. The van der Waals surface area contributed by atoms with E-state index in [4.69, 9.17) is 4.74 Å². The first-order chi connectivity index (χ1) is 11.8. The molecule has 1 atom stereocenters. The quantitative estimate of drug-likeness (QED) is 0.727. The molecule has 0 N–H and O–H groups in total. The number of aromatic nitrogens is 4. The Morgan fingerprint density at radius 3 is 3.04 bits per heavy atom. The molecule has 4 rings (SSSR count). The maximum absolute atomic E-state index is 12.5. The van der Waals surface area contributed by atoms with E-state index in [0.717, 1.165) is 17.5 Å². The predicted molar refractivity (Wildman–Crippen MR) is 87.4 cm³/mol. The van der Waals surface area contributed by atoms with Gasteiger partial charge in [-0.05, 0) is 12.1 Å². The minimum atomic E-state index is -0.0369. The molecule has 122 valence electrons. The Morgan fingerprint density at radius 1 is 1.25 bits per heavy atom. The number of rotatable bonds is 4. The summed E-state index contributed by atoms with van der Waals surface area (Å²) < 4.78 is 7.66. The highest BCUT2D eigenvalue weighted by Crippen LogP contribution is 2.17. The van der Waals surface area contributed by atoms with Crippen molar-refractivity contribution >= 4 is 16.9 Å². The largest absolute Gasteiger partial charge is 0.471 e. The monoisotopic (exact) mass is 323 g/mol. The van der Waals surface area contributed by atoms with Gasteiger partial charge in [0, 0.05) is 25.4 Å². The van der Waals surface area contributed by atoms with Gasteiger partial charge < -0.3 is 14.2 Å². The summed E-state index contributed by atoms with van der Waals surface area (Å²) in [6, 6.07) is 7.80. The summed E-state index contributed by atoms with van der Waals surface area (Å²) in [4.78, 5) is 26.8. The van der Waals surface area contributed by atoms with E-state index in [2.05, 4.69) is 15.0 Å². The highest BCUT2D eigenvalue weighted by Gasteiger charge is 2.28. The van der Waals surface area contributed by atoms with Gasteiger partial charge in [-0.15, -0.1) is 0 Å². The molecule has 1 saturated heterocycles. The fourth-order valence-electron chi connectivity index (χ4n) is 2.95. The van der Waals surface area contributed by atoms with Crippen LogP contribution in [-0.4, -0.2) is 49.5 Å². The van der Waals surface area contributed by atoms with E-state index >= 15 is 0 Å². The third kappa shape index (κ3) is 2.92. The highest BCUT2D eigenvalue weighted by atomic mass is 16.5. The van der Waals surface area contributed by atoms with Gasteiger partial charge in [0.2, 0.25) is 11.8 Å². The molecule has 3 heterocycles. The first kappa shape index (κ1) is 14.6. The zero-order valence-corrected chi connectivity index (χ0v) is 13.1. The van der Waals surface area contributed by atoms with Crippen molar-refractivity contribution in [1.29, 1.82) is 0 Å². The van der Waals surface area contributed by atoms with E-state index in [1.807, 2.05) is 33.7 Å². The second-order valence-electron chi connectivity index (χ2n) is 5.77. The molecule has 0 saturated carbocycles. The van der Waals surface area contributed by atoms with Crippen LogP contribution >= 0.6 is 0 Å². The lowest BCUT2D eigenvalue weighted by molar-refractivity contribution is -0.131. The van der Waals surface area contributed by atoms with Crippen molar-refractivity contribution < 1.29 is 9.53 Å². The molecule has 1 unspecified atom stereocenters. The van der Waals surface area contributed by atoms with Gasteiger partial charge in [-0.1, -0.05) is 12.1 Å². The maximum atomic E-state index is 12.5. The minimum absolute atomic E-state index is 0.0369. The van der Waals surface area contributed by atoms with E-state index in [0.29, 0.717) is 25.5 Å². The van der Waals surface area contributed by atoms with Crippen LogP contribution in [0.3, 0.4) is 0 Å². The highest BCUT2D eigenvalue weighted by molar-refractivity contribution is 5.80. The van der Waals surface area contributed by atoms with E-state index in [1.165, 1.54) is 0 Å². The number of fused-ring (bicyclic) bond motifs is 1. The Balaban J connectivity index is 1.39. The number of likely N-dealkylation sites (tertiary alicyclic amines) is 1. The lowest BCUT2D eigenvalue weighted by atomic mass is 10.3. The van der Waals surface area contributed by atoms with Gasteiger partial charge >= 0.3 is 0 Å². The zero-order chi connectivity index (χ0) is 16.4.